The molecule has 2 amide bonds. The summed E-state index contributed by atoms with van der Waals surface area (Å²) in [6, 6.07) is 7.53. The molecule has 4 rings (SSSR count). The van der Waals surface area contributed by atoms with Crippen LogP contribution in [0.15, 0.2) is 43.1 Å². The number of hydrogen-bond donors (Lipinski definition) is 3. The predicted molar refractivity (Wildman–Crippen MR) is 134 cm³/mol. The molecule has 0 aliphatic heterocycles. The fourth-order valence-electron chi connectivity index (χ4n) is 3.56. The second-order valence-corrected chi connectivity index (χ2v) is 8.56. The number of carbonyl (C=O) groups excluding carboxylic acids is 2. The van der Waals surface area contributed by atoms with Gasteiger partial charge in [-0.3, -0.25) is 9.59 Å². The molecule has 12 nitrogen and oxygen atoms in total. The number of tetrazole rings is 1. The number of amides is 2. The van der Waals surface area contributed by atoms with Gasteiger partial charge in [0.25, 0.3) is 17.6 Å². The first-order valence-electron chi connectivity index (χ1n) is 11.1. The lowest BCUT2D eigenvalue weighted by Gasteiger charge is -2.16. The Labute approximate surface area is 223 Å². The fourth-order valence-corrected chi connectivity index (χ4v) is 3.76. The van der Waals surface area contributed by atoms with Gasteiger partial charge >= 0.3 is 6.18 Å². The molecule has 0 atom stereocenters. The number of hydrogen-bond acceptors (Lipinski definition) is 8. The van der Waals surface area contributed by atoms with Crippen molar-refractivity contribution < 1.29 is 22.8 Å². The Morgan fingerprint density at radius 2 is 1.92 bits per heavy atom. The lowest BCUT2D eigenvalue weighted by Crippen LogP contribution is -2.24. The zero-order chi connectivity index (χ0) is 28.5. The molecule has 4 N–H and O–H groups in total. The predicted octanol–water partition coefficient (Wildman–Crippen LogP) is 2.82. The van der Waals surface area contributed by atoms with E-state index in [4.69, 9.17) is 17.3 Å². The van der Waals surface area contributed by atoms with E-state index in [9.17, 15) is 22.8 Å². The van der Waals surface area contributed by atoms with Crippen LogP contribution < -0.4 is 16.4 Å². The number of nitrogens with two attached hydrogens (primary N) is 1. The Balaban J connectivity index is 1.76. The van der Waals surface area contributed by atoms with Crippen LogP contribution >= 0.6 is 11.6 Å². The molecule has 0 saturated heterocycles. The van der Waals surface area contributed by atoms with Crippen LogP contribution in [0.1, 0.15) is 43.5 Å². The average Bonchev–Trinajstić information content (AvgIpc) is 3.52. The summed E-state index contributed by atoms with van der Waals surface area (Å²) in [6.45, 7) is 5.00. The van der Waals surface area contributed by atoms with Gasteiger partial charge in [0.15, 0.2) is 5.82 Å². The number of pyridine rings is 1. The van der Waals surface area contributed by atoms with E-state index in [0.717, 1.165) is 4.68 Å². The van der Waals surface area contributed by atoms with E-state index in [-0.39, 0.29) is 45.7 Å². The minimum absolute atomic E-state index is 0.0797. The summed E-state index contributed by atoms with van der Waals surface area (Å²) in [5, 5.41) is 19.4. The minimum atomic E-state index is -4.78. The second-order valence-electron chi connectivity index (χ2n) is 8.16. The van der Waals surface area contributed by atoms with E-state index < -0.39 is 23.8 Å². The maximum atomic E-state index is 13.5. The van der Waals surface area contributed by atoms with Gasteiger partial charge in [0.05, 0.1) is 22.0 Å². The van der Waals surface area contributed by atoms with Crippen LogP contribution in [-0.2, 0) is 12.7 Å². The zero-order valence-electron chi connectivity index (χ0n) is 20.4. The standard InChI is InChI=1S/C23H20ClF3N10O2/c1-11-7-13(12(2)28)8-15(20(38)29-3)18(11)31-21(39)17-9-14(10-36-34-22(32-35-36)23(25,26)27)33-37(17)19-16(24)5-4-6-30-19/h4-9H,2,10,28H2,1,3H3,(H,29,38)(H,31,39). The smallest absolute Gasteiger partial charge is 0.399 e. The van der Waals surface area contributed by atoms with E-state index in [1.165, 1.54) is 31.4 Å². The van der Waals surface area contributed by atoms with Gasteiger partial charge in [0, 0.05) is 18.9 Å². The minimum Gasteiger partial charge on any atom is -0.399 e. The molecular formula is C23H20ClF3N10O2. The van der Waals surface area contributed by atoms with Crippen molar-refractivity contribution in [3.63, 3.8) is 0 Å². The Hall–Kier alpha value is -4.79. The molecule has 0 fully saturated rings. The van der Waals surface area contributed by atoms with Crippen LogP contribution in [0.2, 0.25) is 5.02 Å². The van der Waals surface area contributed by atoms with E-state index >= 15 is 0 Å². The van der Waals surface area contributed by atoms with Crippen LogP contribution in [0.4, 0.5) is 18.9 Å². The van der Waals surface area contributed by atoms with Crippen LogP contribution in [0, 0.1) is 6.92 Å². The Morgan fingerprint density at radius 1 is 1.18 bits per heavy atom. The number of aromatic nitrogens is 7. The molecule has 0 unspecified atom stereocenters. The number of rotatable bonds is 7. The summed E-state index contributed by atoms with van der Waals surface area (Å²) in [7, 11) is 1.43. The molecule has 0 radical (unpaired) electrons. The van der Waals surface area contributed by atoms with E-state index in [1.54, 1.807) is 19.1 Å². The molecule has 0 aliphatic carbocycles. The monoisotopic (exact) mass is 560 g/mol. The van der Waals surface area contributed by atoms with E-state index in [2.05, 4.69) is 42.7 Å². The number of carbonyl (C=O) groups is 2. The molecule has 3 heterocycles. The van der Waals surface area contributed by atoms with Gasteiger partial charge in [-0.2, -0.15) is 23.1 Å². The van der Waals surface area contributed by atoms with Crippen LogP contribution in [0.25, 0.3) is 11.5 Å². The summed E-state index contributed by atoms with van der Waals surface area (Å²) in [4.78, 5) is 31.0. The Kier molecular flexibility index (Phi) is 7.36. The maximum Gasteiger partial charge on any atom is 0.455 e. The van der Waals surface area contributed by atoms with Crippen molar-refractivity contribution in [3.8, 4) is 5.82 Å². The van der Waals surface area contributed by atoms with Crippen LogP contribution in [0.3, 0.4) is 0 Å². The molecular weight excluding hydrogens is 541 g/mol. The van der Waals surface area contributed by atoms with E-state index in [0.29, 0.717) is 15.9 Å². The van der Waals surface area contributed by atoms with Crippen molar-refractivity contribution in [2.45, 2.75) is 19.6 Å². The van der Waals surface area contributed by atoms with Crippen molar-refractivity contribution in [2.24, 2.45) is 5.73 Å². The number of halogens is 4. The number of nitrogens with one attached hydrogen (secondary N) is 2. The molecule has 16 heteroatoms. The third-order valence-corrected chi connectivity index (χ3v) is 5.65. The van der Waals surface area contributed by atoms with Crippen LogP contribution in [-0.4, -0.2) is 53.8 Å². The molecule has 3 aromatic heterocycles. The normalized spacial score (nSPS) is 11.3. The second kappa shape index (κ2) is 10.5. The fraction of sp³-hybridized carbons (Fsp3) is 0.174. The molecule has 4 aromatic rings. The van der Waals surface area contributed by atoms with Gasteiger partial charge in [-0.15, -0.1) is 10.2 Å². The largest absolute Gasteiger partial charge is 0.455 e. The zero-order valence-corrected chi connectivity index (χ0v) is 21.2. The van der Waals surface area contributed by atoms with Gasteiger partial charge < -0.3 is 16.4 Å². The molecule has 39 heavy (non-hydrogen) atoms. The summed E-state index contributed by atoms with van der Waals surface area (Å²) in [5.41, 5.74) is 7.37. The first kappa shape index (κ1) is 27.3. The van der Waals surface area contributed by atoms with Crippen molar-refractivity contribution >= 4 is 34.8 Å². The van der Waals surface area contributed by atoms with E-state index in [1.807, 2.05) is 0 Å². The molecule has 0 bridgehead atoms. The molecule has 202 valence electrons. The van der Waals surface area contributed by atoms with Gasteiger partial charge in [-0.25, -0.2) is 9.67 Å². The number of benzene rings is 1. The number of nitrogens with zero attached hydrogens (tertiary/aromatic N) is 7. The highest BCUT2D eigenvalue weighted by Crippen LogP contribution is 2.27. The lowest BCUT2D eigenvalue weighted by atomic mass is 10.0. The quantitative estimate of drug-likeness (QED) is 0.311. The highest BCUT2D eigenvalue weighted by molar-refractivity contribution is 6.32. The average molecular weight is 561 g/mol. The van der Waals surface area contributed by atoms with Gasteiger partial charge in [-0.1, -0.05) is 18.2 Å². The molecule has 0 saturated carbocycles. The van der Waals surface area contributed by atoms with Gasteiger partial charge in [0.1, 0.15) is 12.2 Å². The Morgan fingerprint density at radius 3 is 2.54 bits per heavy atom. The summed E-state index contributed by atoms with van der Waals surface area (Å²) < 4.78 is 39.8. The third kappa shape index (κ3) is 5.72. The summed E-state index contributed by atoms with van der Waals surface area (Å²) >= 11 is 6.28. The summed E-state index contributed by atoms with van der Waals surface area (Å²) in [5.74, 6) is -2.55. The first-order valence-corrected chi connectivity index (χ1v) is 11.4. The molecule has 1 aromatic carbocycles. The van der Waals surface area contributed by atoms with Crippen LogP contribution in [0.5, 0.6) is 0 Å². The SMILES string of the molecule is C=C(N)c1cc(C)c(NC(=O)c2cc(Cn3nnc(C(F)(F)F)n3)nn2-c2ncccc2Cl)c(C(=O)NC)c1. The highest BCUT2D eigenvalue weighted by Gasteiger charge is 2.37. The summed E-state index contributed by atoms with van der Waals surface area (Å²) in [6.07, 6.45) is -3.36. The van der Waals surface area contributed by atoms with Gasteiger partial charge in [0.2, 0.25) is 0 Å². The first-order chi connectivity index (χ1) is 18.4. The van der Waals surface area contributed by atoms with Crippen molar-refractivity contribution in [1.29, 1.82) is 0 Å². The highest BCUT2D eigenvalue weighted by atomic mass is 35.5. The molecule has 0 spiro atoms. The number of alkyl halides is 3. The topological polar surface area (TPSA) is 159 Å². The third-order valence-electron chi connectivity index (χ3n) is 5.36. The van der Waals surface area contributed by atoms with Gasteiger partial charge in [-0.05, 0) is 53.6 Å². The van der Waals surface area contributed by atoms with Crippen molar-refractivity contribution in [3.05, 3.63) is 82.0 Å². The maximum absolute atomic E-state index is 13.5. The lowest BCUT2D eigenvalue weighted by molar-refractivity contribution is -0.145. The Bertz CT molecular complexity index is 1600. The number of anilines is 1. The van der Waals surface area contributed by atoms with Crippen molar-refractivity contribution in [1.82, 2.24) is 40.3 Å². The van der Waals surface area contributed by atoms with Crippen molar-refractivity contribution in [2.75, 3.05) is 12.4 Å². The molecule has 0 aliphatic rings. The number of aryl methyl sites for hydroxylation is 1.